The molecule has 1 rings (SSSR count). The van der Waals surface area contributed by atoms with Crippen LogP contribution in [-0.4, -0.2) is 26.2 Å². The quantitative estimate of drug-likeness (QED) is 0.719. The minimum absolute atomic E-state index is 0.00875. The Labute approximate surface area is 103 Å². The molecule has 1 aromatic carbocycles. The van der Waals surface area contributed by atoms with E-state index in [9.17, 15) is 9.59 Å². The van der Waals surface area contributed by atoms with Crippen molar-refractivity contribution in [3.8, 4) is 12.1 Å². The summed E-state index contributed by atoms with van der Waals surface area (Å²) in [5.41, 5.74) is -0.240. The van der Waals surface area contributed by atoms with Gasteiger partial charge in [0.15, 0.2) is 0 Å². The van der Waals surface area contributed by atoms with Gasteiger partial charge in [-0.3, -0.25) is 0 Å². The lowest BCUT2D eigenvalue weighted by molar-refractivity contribution is 0.0555. The van der Waals surface area contributed by atoms with Crippen molar-refractivity contribution in [3.63, 3.8) is 0 Å². The zero-order valence-electron chi connectivity index (χ0n) is 9.68. The van der Waals surface area contributed by atoms with Crippen molar-refractivity contribution >= 4 is 11.9 Å². The van der Waals surface area contributed by atoms with E-state index in [4.69, 9.17) is 10.5 Å². The van der Waals surface area contributed by atoms with Gasteiger partial charge in [0.05, 0.1) is 36.5 Å². The van der Waals surface area contributed by atoms with Crippen LogP contribution in [0.1, 0.15) is 31.8 Å². The molecule has 1 aromatic rings. The van der Waals surface area contributed by atoms with Crippen molar-refractivity contribution in [2.75, 3.05) is 14.2 Å². The molecule has 0 saturated carbocycles. The summed E-state index contributed by atoms with van der Waals surface area (Å²) in [6.07, 6.45) is 0. The largest absolute Gasteiger partial charge is 0.465 e. The van der Waals surface area contributed by atoms with Gasteiger partial charge < -0.3 is 9.47 Å². The monoisotopic (exact) mass is 244 g/mol. The summed E-state index contributed by atoms with van der Waals surface area (Å²) in [6.45, 7) is 0. The van der Waals surface area contributed by atoms with Crippen molar-refractivity contribution in [1.82, 2.24) is 0 Å². The van der Waals surface area contributed by atoms with Gasteiger partial charge in [0, 0.05) is 0 Å². The van der Waals surface area contributed by atoms with Crippen LogP contribution in [-0.2, 0) is 9.47 Å². The number of esters is 2. The highest BCUT2D eigenvalue weighted by Crippen LogP contribution is 2.18. The zero-order chi connectivity index (χ0) is 13.7. The fraction of sp³-hybridized carbons (Fsp3) is 0.167. The molecule has 0 N–H and O–H groups in total. The van der Waals surface area contributed by atoms with Crippen LogP contribution in [0, 0.1) is 22.7 Å². The minimum atomic E-state index is -0.781. The Hall–Kier alpha value is -2.86. The van der Waals surface area contributed by atoms with Gasteiger partial charge in [-0.1, -0.05) is 0 Å². The first-order chi connectivity index (χ1) is 8.58. The third-order valence-corrected chi connectivity index (χ3v) is 2.21. The molecule has 0 aromatic heterocycles. The number of hydrogen-bond donors (Lipinski definition) is 0. The van der Waals surface area contributed by atoms with Crippen molar-refractivity contribution in [3.05, 3.63) is 34.4 Å². The average Bonchev–Trinajstić information content (AvgIpc) is 2.43. The van der Waals surface area contributed by atoms with Gasteiger partial charge in [-0.25, -0.2) is 9.59 Å². The summed E-state index contributed by atoms with van der Waals surface area (Å²) in [6, 6.07) is 5.81. The standard InChI is InChI=1S/C12H8N2O4/c1-17-11(15)9-3-7(5-13)8(6-14)4-10(9)12(16)18-2/h3-4H,1-2H3. The fourth-order valence-corrected chi connectivity index (χ4v) is 1.34. The van der Waals surface area contributed by atoms with E-state index in [0.29, 0.717) is 0 Å². The Balaban J connectivity index is 3.58. The Morgan fingerprint density at radius 1 is 0.944 bits per heavy atom. The first kappa shape index (κ1) is 13.2. The van der Waals surface area contributed by atoms with E-state index in [1.165, 1.54) is 0 Å². The summed E-state index contributed by atoms with van der Waals surface area (Å²) in [5, 5.41) is 17.7. The second-order valence-corrected chi connectivity index (χ2v) is 3.15. The van der Waals surface area contributed by atoms with Crippen molar-refractivity contribution in [2.45, 2.75) is 0 Å². The molecule has 0 unspecified atom stereocenters. The predicted molar refractivity (Wildman–Crippen MR) is 58.6 cm³/mol. The van der Waals surface area contributed by atoms with Gasteiger partial charge in [-0.2, -0.15) is 10.5 Å². The van der Waals surface area contributed by atoms with E-state index >= 15 is 0 Å². The Morgan fingerprint density at radius 2 is 1.28 bits per heavy atom. The van der Waals surface area contributed by atoms with E-state index in [-0.39, 0.29) is 22.3 Å². The SMILES string of the molecule is COC(=O)c1cc(C#N)c(C#N)cc1C(=O)OC. The van der Waals surface area contributed by atoms with Crippen LogP contribution in [0.2, 0.25) is 0 Å². The molecule has 0 saturated heterocycles. The molecule has 6 heteroatoms. The van der Waals surface area contributed by atoms with Gasteiger partial charge in [0.2, 0.25) is 0 Å². The average molecular weight is 244 g/mol. The van der Waals surface area contributed by atoms with Crippen LogP contribution in [0.15, 0.2) is 12.1 Å². The lowest BCUT2D eigenvalue weighted by Crippen LogP contribution is -2.13. The smallest absolute Gasteiger partial charge is 0.338 e. The number of benzene rings is 1. The minimum Gasteiger partial charge on any atom is -0.465 e. The highest BCUT2D eigenvalue weighted by Gasteiger charge is 2.21. The van der Waals surface area contributed by atoms with E-state index < -0.39 is 11.9 Å². The molecule has 0 atom stereocenters. The van der Waals surface area contributed by atoms with E-state index in [1.54, 1.807) is 12.1 Å². The molecule has 0 aliphatic heterocycles. The predicted octanol–water partition coefficient (Wildman–Crippen LogP) is 1.00. The molecular formula is C12H8N2O4. The number of methoxy groups -OCH3 is 2. The normalized spacial score (nSPS) is 8.89. The van der Waals surface area contributed by atoms with Crippen LogP contribution in [0.3, 0.4) is 0 Å². The summed E-state index contributed by atoms with van der Waals surface area (Å²) >= 11 is 0. The molecule has 0 fully saturated rings. The third kappa shape index (κ3) is 2.28. The first-order valence-electron chi connectivity index (χ1n) is 4.73. The van der Waals surface area contributed by atoms with E-state index in [1.807, 2.05) is 0 Å². The lowest BCUT2D eigenvalue weighted by Gasteiger charge is -2.07. The lowest BCUT2D eigenvalue weighted by atomic mass is 9.99. The van der Waals surface area contributed by atoms with Crippen molar-refractivity contribution in [1.29, 1.82) is 10.5 Å². The van der Waals surface area contributed by atoms with Gasteiger partial charge in [0.1, 0.15) is 12.1 Å². The molecule has 0 aliphatic carbocycles. The summed E-state index contributed by atoms with van der Waals surface area (Å²) in [5.74, 6) is -1.56. The van der Waals surface area contributed by atoms with Gasteiger partial charge in [-0.05, 0) is 12.1 Å². The van der Waals surface area contributed by atoms with Crippen LogP contribution in [0.25, 0.3) is 0 Å². The van der Waals surface area contributed by atoms with E-state index in [2.05, 4.69) is 9.47 Å². The highest BCUT2D eigenvalue weighted by molar-refractivity contribution is 6.03. The molecule has 0 heterocycles. The Kier molecular flexibility index (Phi) is 4.01. The maximum atomic E-state index is 11.5. The van der Waals surface area contributed by atoms with Gasteiger partial charge in [0.25, 0.3) is 0 Å². The summed E-state index contributed by atoms with van der Waals surface area (Å²) in [4.78, 5) is 23.0. The molecule has 0 spiro atoms. The number of nitriles is 2. The highest BCUT2D eigenvalue weighted by atomic mass is 16.5. The second-order valence-electron chi connectivity index (χ2n) is 3.15. The molecule has 6 nitrogen and oxygen atoms in total. The zero-order valence-corrected chi connectivity index (χ0v) is 9.68. The molecule has 90 valence electrons. The number of carbonyl (C=O) groups is 2. The first-order valence-corrected chi connectivity index (χ1v) is 4.73. The van der Waals surface area contributed by atoms with Gasteiger partial charge >= 0.3 is 11.9 Å². The molecule has 0 radical (unpaired) electrons. The maximum absolute atomic E-state index is 11.5. The Morgan fingerprint density at radius 3 is 1.50 bits per heavy atom. The van der Waals surface area contributed by atoms with Gasteiger partial charge in [-0.15, -0.1) is 0 Å². The van der Waals surface area contributed by atoms with Crippen LogP contribution >= 0.6 is 0 Å². The topological polar surface area (TPSA) is 100 Å². The third-order valence-electron chi connectivity index (χ3n) is 2.21. The van der Waals surface area contributed by atoms with Crippen LogP contribution in [0.4, 0.5) is 0 Å². The van der Waals surface area contributed by atoms with Crippen LogP contribution in [0.5, 0.6) is 0 Å². The van der Waals surface area contributed by atoms with Crippen molar-refractivity contribution in [2.24, 2.45) is 0 Å². The fourth-order valence-electron chi connectivity index (χ4n) is 1.34. The number of nitrogens with zero attached hydrogens (tertiary/aromatic N) is 2. The maximum Gasteiger partial charge on any atom is 0.338 e. The second kappa shape index (κ2) is 5.46. The van der Waals surface area contributed by atoms with Crippen LogP contribution < -0.4 is 0 Å². The summed E-state index contributed by atoms with van der Waals surface area (Å²) < 4.78 is 9.01. The molecule has 0 aliphatic rings. The number of carbonyl (C=O) groups excluding carboxylic acids is 2. The molecule has 0 bridgehead atoms. The van der Waals surface area contributed by atoms with Crippen molar-refractivity contribution < 1.29 is 19.1 Å². The molecule has 0 amide bonds. The van der Waals surface area contributed by atoms with E-state index in [0.717, 1.165) is 26.4 Å². The molecule has 18 heavy (non-hydrogen) atoms. The number of ether oxygens (including phenoxy) is 2. The Bertz CT molecular complexity index is 540. The summed E-state index contributed by atoms with van der Waals surface area (Å²) in [7, 11) is 2.29. The molecular weight excluding hydrogens is 236 g/mol. The number of hydrogen-bond acceptors (Lipinski definition) is 6. The number of rotatable bonds is 2.